The van der Waals surface area contributed by atoms with Crippen LogP contribution < -0.4 is 19.6 Å². The molecule has 0 bridgehead atoms. The molecule has 0 aliphatic heterocycles. The SMILES string of the molecule is CCOc1ccc(/C=N/NC(=O)COc2cccc(C)c2)cc1OC. The molecular formula is C19H22N2O4. The lowest BCUT2D eigenvalue weighted by Gasteiger charge is -2.09. The van der Waals surface area contributed by atoms with Crippen molar-refractivity contribution in [2.75, 3.05) is 20.3 Å². The molecule has 0 saturated heterocycles. The fourth-order valence-corrected chi connectivity index (χ4v) is 2.10. The third-order valence-electron chi connectivity index (χ3n) is 3.25. The molecule has 0 aliphatic carbocycles. The number of carbonyl (C=O) groups excluding carboxylic acids is 1. The summed E-state index contributed by atoms with van der Waals surface area (Å²) in [6.45, 7) is 4.32. The number of ether oxygens (including phenoxy) is 3. The van der Waals surface area contributed by atoms with Crippen molar-refractivity contribution in [1.82, 2.24) is 5.43 Å². The van der Waals surface area contributed by atoms with Crippen molar-refractivity contribution in [1.29, 1.82) is 0 Å². The van der Waals surface area contributed by atoms with Crippen LogP contribution >= 0.6 is 0 Å². The second kappa shape index (κ2) is 9.32. The van der Waals surface area contributed by atoms with Gasteiger partial charge in [0, 0.05) is 0 Å². The number of carbonyl (C=O) groups is 1. The van der Waals surface area contributed by atoms with Gasteiger partial charge in [-0.15, -0.1) is 0 Å². The summed E-state index contributed by atoms with van der Waals surface area (Å²) in [4.78, 5) is 11.8. The zero-order valence-corrected chi connectivity index (χ0v) is 14.6. The van der Waals surface area contributed by atoms with E-state index in [4.69, 9.17) is 14.2 Å². The number of benzene rings is 2. The van der Waals surface area contributed by atoms with Crippen LogP contribution in [-0.4, -0.2) is 32.4 Å². The van der Waals surface area contributed by atoms with E-state index in [-0.39, 0.29) is 12.5 Å². The van der Waals surface area contributed by atoms with Crippen LogP contribution in [0.1, 0.15) is 18.1 Å². The van der Waals surface area contributed by atoms with Gasteiger partial charge >= 0.3 is 0 Å². The first-order valence-corrected chi connectivity index (χ1v) is 7.94. The number of methoxy groups -OCH3 is 1. The van der Waals surface area contributed by atoms with Crippen molar-refractivity contribution in [3.05, 3.63) is 53.6 Å². The number of hydrogen-bond donors (Lipinski definition) is 1. The number of nitrogens with zero attached hydrogens (tertiary/aromatic N) is 1. The Bertz CT molecular complexity index is 744. The van der Waals surface area contributed by atoms with Crippen LogP contribution in [0.3, 0.4) is 0 Å². The normalized spacial score (nSPS) is 10.5. The van der Waals surface area contributed by atoms with Gasteiger partial charge < -0.3 is 14.2 Å². The second-order valence-corrected chi connectivity index (χ2v) is 5.24. The van der Waals surface area contributed by atoms with Gasteiger partial charge in [-0.3, -0.25) is 4.79 Å². The van der Waals surface area contributed by atoms with E-state index >= 15 is 0 Å². The van der Waals surface area contributed by atoms with Gasteiger partial charge in [-0.1, -0.05) is 12.1 Å². The highest BCUT2D eigenvalue weighted by Crippen LogP contribution is 2.27. The number of hydrogen-bond acceptors (Lipinski definition) is 5. The molecule has 1 amide bonds. The Hall–Kier alpha value is -3.02. The summed E-state index contributed by atoms with van der Waals surface area (Å²) in [6.07, 6.45) is 1.53. The molecule has 0 aromatic heterocycles. The summed E-state index contributed by atoms with van der Waals surface area (Å²) in [7, 11) is 1.57. The van der Waals surface area contributed by atoms with E-state index in [1.165, 1.54) is 6.21 Å². The maximum absolute atomic E-state index is 11.8. The third-order valence-corrected chi connectivity index (χ3v) is 3.25. The van der Waals surface area contributed by atoms with Gasteiger partial charge in [-0.05, 0) is 55.3 Å². The number of aryl methyl sites for hydroxylation is 1. The average molecular weight is 342 g/mol. The maximum atomic E-state index is 11.8. The average Bonchev–Trinajstić information content (AvgIpc) is 2.61. The Morgan fingerprint density at radius 1 is 1.16 bits per heavy atom. The van der Waals surface area contributed by atoms with E-state index in [9.17, 15) is 4.79 Å². The fraction of sp³-hybridized carbons (Fsp3) is 0.263. The Kier molecular flexibility index (Phi) is 6.83. The number of rotatable bonds is 8. The highest BCUT2D eigenvalue weighted by atomic mass is 16.5. The van der Waals surface area contributed by atoms with E-state index in [0.717, 1.165) is 11.1 Å². The summed E-state index contributed by atoms with van der Waals surface area (Å²) >= 11 is 0. The van der Waals surface area contributed by atoms with Crippen LogP contribution in [0.2, 0.25) is 0 Å². The topological polar surface area (TPSA) is 69.2 Å². The molecule has 0 fully saturated rings. The number of hydrazone groups is 1. The molecule has 0 saturated carbocycles. The van der Waals surface area contributed by atoms with Crippen LogP contribution in [0.4, 0.5) is 0 Å². The van der Waals surface area contributed by atoms with Crippen LogP contribution in [0.5, 0.6) is 17.2 Å². The van der Waals surface area contributed by atoms with Crippen LogP contribution in [0, 0.1) is 6.92 Å². The molecule has 6 heteroatoms. The van der Waals surface area contributed by atoms with Gasteiger partial charge in [0.15, 0.2) is 18.1 Å². The Balaban J connectivity index is 1.86. The van der Waals surface area contributed by atoms with E-state index in [1.807, 2.05) is 38.1 Å². The van der Waals surface area contributed by atoms with E-state index in [2.05, 4.69) is 10.5 Å². The second-order valence-electron chi connectivity index (χ2n) is 5.24. The largest absolute Gasteiger partial charge is 0.493 e. The smallest absolute Gasteiger partial charge is 0.277 e. The lowest BCUT2D eigenvalue weighted by Crippen LogP contribution is -2.24. The molecule has 0 radical (unpaired) electrons. The zero-order chi connectivity index (χ0) is 18.1. The van der Waals surface area contributed by atoms with E-state index < -0.39 is 0 Å². The molecule has 2 aromatic rings. The highest BCUT2D eigenvalue weighted by Gasteiger charge is 2.05. The first kappa shape index (κ1) is 18.3. The van der Waals surface area contributed by atoms with E-state index in [1.54, 1.807) is 25.3 Å². The lowest BCUT2D eigenvalue weighted by molar-refractivity contribution is -0.123. The molecule has 1 N–H and O–H groups in total. The summed E-state index contributed by atoms with van der Waals surface area (Å²) in [5.41, 5.74) is 4.27. The molecule has 0 aliphatic rings. The van der Waals surface area contributed by atoms with Crippen LogP contribution in [-0.2, 0) is 4.79 Å². The number of amides is 1. The van der Waals surface area contributed by atoms with Crippen LogP contribution in [0.15, 0.2) is 47.6 Å². The molecule has 25 heavy (non-hydrogen) atoms. The van der Waals surface area contributed by atoms with Gasteiger partial charge in [0.2, 0.25) is 0 Å². The summed E-state index contributed by atoms with van der Waals surface area (Å²) in [6, 6.07) is 12.9. The number of nitrogens with one attached hydrogen (secondary N) is 1. The first-order valence-electron chi connectivity index (χ1n) is 7.94. The Labute approximate surface area is 147 Å². The fourth-order valence-electron chi connectivity index (χ4n) is 2.10. The van der Waals surface area contributed by atoms with Crippen molar-refractivity contribution in [3.63, 3.8) is 0 Å². The maximum Gasteiger partial charge on any atom is 0.277 e. The summed E-state index contributed by atoms with van der Waals surface area (Å²) in [5.74, 6) is 1.59. The minimum Gasteiger partial charge on any atom is -0.493 e. The minimum absolute atomic E-state index is 0.104. The van der Waals surface area contributed by atoms with Gasteiger partial charge in [0.05, 0.1) is 19.9 Å². The standard InChI is InChI=1S/C19H22N2O4/c1-4-24-17-9-8-15(11-18(17)23-3)12-20-21-19(22)13-25-16-7-5-6-14(2)10-16/h5-12H,4,13H2,1-3H3,(H,21,22)/b20-12+. The Morgan fingerprint density at radius 2 is 2.00 bits per heavy atom. The van der Waals surface area contributed by atoms with E-state index in [0.29, 0.717) is 23.9 Å². The quantitative estimate of drug-likeness (QED) is 0.591. The molecular weight excluding hydrogens is 320 g/mol. The van der Waals surface area contributed by atoms with Gasteiger partial charge in [-0.25, -0.2) is 5.43 Å². The molecule has 0 atom stereocenters. The third kappa shape index (κ3) is 5.84. The van der Waals surface area contributed by atoms with Gasteiger partial charge in [-0.2, -0.15) is 5.10 Å². The van der Waals surface area contributed by atoms with Crippen molar-refractivity contribution < 1.29 is 19.0 Å². The molecule has 0 unspecified atom stereocenters. The minimum atomic E-state index is -0.337. The Morgan fingerprint density at radius 3 is 2.72 bits per heavy atom. The molecule has 2 aromatic carbocycles. The molecule has 132 valence electrons. The zero-order valence-electron chi connectivity index (χ0n) is 14.6. The molecule has 0 heterocycles. The van der Waals surface area contributed by atoms with Crippen molar-refractivity contribution in [3.8, 4) is 17.2 Å². The predicted molar refractivity (Wildman–Crippen MR) is 96.6 cm³/mol. The summed E-state index contributed by atoms with van der Waals surface area (Å²) < 4.78 is 16.1. The van der Waals surface area contributed by atoms with Gasteiger partial charge in [0.25, 0.3) is 5.91 Å². The van der Waals surface area contributed by atoms with Gasteiger partial charge in [0.1, 0.15) is 5.75 Å². The summed E-state index contributed by atoms with van der Waals surface area (Å²) in [5, 5.41) is 3.92. The van der Waals surface area contributed by atoms with Crippen molar-refractivity contribution in [2.45, 2.75) is 13.8 Å². The lowest BCUT2D eigenvalue weighted by atomic mass is 10.2. The van der Waals surface area contributed by atoms with Crippen LogP contribution in [0.25, 0.3) is 0 Å². The van der Waals surface area contributed by atoms with Crippen molar-refractivity contribution >= 4 is 12.1 Å². The predicted octanol–water partition coefficient (Wildman–Crippen LogP) is 2.93. The van der Waals surface area contributed by atoms with Crippen molar-refractivity contribution in [2.24, 2.45) is 5.10 Å². The highest BCUT2D eigenvalue weighted by molar-refractivity contribution is 5.83. The molecule has 6 nitrogen and oxygen atoms in total. The molecule has 2 rings (SSSR count). The first-order chi connectivity index (χ1) is 12.1. The molecule has 0 spiro atoms. The monoisotopic (exact) mass is 342 g/mol.